The maximum absolute atomic E-state index is 11.9. The van der Waals surface area contributed by atoms with Crippen LogP contribution in [0.25, 0.3) is 17.0 Å². The number of benzene rings is 1. The van der Waals surface area contributed by atoms with E-state index in [1.165, 1.54) is 10.7 Å². The van der Waals surface area contributed by atoms with Crippen LogP contribution < -0.4 is 4.85 Å². The molecular formula is C12H10ClN5O. The topological polar surface area (TPSA) is 70.5 Å². The number of halogens is 1. The second kappa shape index (κ2) is 4.47. The first-order chi connectivity index (χ1) is 9.17. The maximum atomic E-state index is 11.9. The second-order valence-electron chi connectivity index (χ2n) is 4.06. The van der Waals surface area contributed by atoms with Gasteiger partial charge in [0, 0.05) is 17.3 Å². The molecule has 7 heteroatoms. The molecule has 0 spiro atoms. The summed E-state index contributed by atoms with van der Waals surface area (Å²) >= 11 is 5.84. The SMILES string of the molecule is CCc1cnn(-c2nc3ccc(Cl)cc3[n+]([O-])n2)c1. The van der Waals surface area contributed by atoms with E-state index in [0.29, 0.717) is 20.9 Å². The molecule has 6 nitrogen and oxygen atoms in total. The molecule has 1 aromatic carbocycles. The van der Waals surface area contributed by atoms with Gasteiger partial charge in [0.25, 0.3) is 5.52 Å². The summed E-state index contributed by atoms with van der Waals surface area (Å²) in [6.45, 7) is 2.03. The van der Waals surface area contributed by atoms with E-state index >= 15 is 0 Å². The third-order valence-electron chi connectivity index (χ3n) is 2.79. The smallest absolute Gasteiger partial charge is 0.317 e. The van der Waals surface area contributed by atoms with Gasteiger partial charge in [0.1, 0.15) is 5.52 Å². The van der Waals surface area contributed by atoms with Gasteiger partial charge in [0.05, 0.1) is 11.3 Å². The van der Waals surface area contributed by atoms with Gasteiger partial charge >= 0.3 is 5.95 Å². The maximum Gasteiger partial charge on any atom is 0.317 e. The molecule has 0 bridgehead atoms. The Balaban J connectivity index is 2.17. The van der Waals surface area contributed by atoms with Crippen molar-refractivity contribution in [2.75, 3.05) is 0 Å². The summed E-state index contributed by atoms with van der Waals surface area (Å²) in [5, 5.41) is 20.3. The largest absolute Gasteiger partial charge is 0.594 e. The third-order valence-corrected chi connectivity index (χ3v) is 3.03. The van der Waals surface area contributed by atoms with Gasteiger partial charge in [-0.3, -0.25) is 0 Å². The highest BCUT2D eigenvalue weighted by Gasteiger charge is 2.13. The molecule has 2 aromatic heterocycles. The average Bonchev–Trinajstić information content (AvgIpc) is 2.88. The van der Waals surface area contributed by atoms with Gasteiger partial charge in [0.15, 0.2) is 0 Å². The van der Waals surface area contributed by atoms with Crippen LogP contribution in [0.1, 0.15) is 12.5 Å². The molecular weight excluding hydrogens is 266 g/mol. The van der Waals surface area contributed by atoms with Crippen LogP contribution in [0.4, 0.5) is 0 Å². The van der Waals surface area contributed by atoms with E-state index in [-0.39, 0.29) is 5.95 Å². The summed E-state index contributed by atoms with van der Waals surface area (Å²) in [7, 11) is 0. The quantitative estimate of drug-likeness (QED) is 0.527. The Labute approximate surface area is 113 Å². The zero-order valence-corrected chi connectivity index (χ0v) is 10.9. The minimum absolute atomic E-state index is 0.240. The van der Waals surface area contributed by atoms with Gasteiger partial charge in [-0.2, -0.15) is 10.1 Å². The van der Waals surface area contributed by atoms with Crippen molar-refractivity contribution in [1.29, 1.82) is 0 Å². The van der Waals surface area contributed by atoms with Gasteiger partial charge in [-0.15, -0.1) is 0 Å². The van der Waals surface area contributed by atoms with E-state index in [0.717, 1.165) is 12.0 Å². The Morgan fingerprint density at radius 1 is 1.42 bits per heavy atom. The molecule has 0 unspecified atom stereocenters. The number of hydrogen-bond acceptors (Lipinski definition) is 4. The number of rotatable bonds is 2. The molecule has 0 N–H and O–H groups in total. The van der Waals surface area contributed by atoms with Crippen LogP contribution >= 0.6 is 11.6 Å². The van der Waals surface area contributed by atoms with Gasteiger partial charge < -0.3 is 5.21 Å². The zero-order valence-electron chi connectivity index (χ0n) is 10.1. The molecule has 0 fully saturated rings. The first-order valence-electron chi connectivity index (χ1n) is 5.78. The van der Waals surface area contributed by atoms with Crippen molar-refractivity contribution in [3.05, 3.63) is 46.4 Å². The Morgan fingerprint density at radius 3 is 3.00 bits per heavy atom. The van der Waals surface area contributed by atoms with Crippen LogP contribution in [0.15, 0.2) is 30.6 Å². The number of hydrogen-bond donors (Lipinski definition) is 0. The predicted octanol–water partition coefficient (Wildman–Crippen LogP) is 1.66. The van der Waals surface area contributed by atoms with Gasteiger partial charge in [0.2, 0.25) is 0 Å². The van der Waals surface area contributed by atoms with Gasteiger partial charge in [-0.1, -0.05) is 18.5 Å². The Kier molecular flexibility index (Phi) is 2.79. The molecule has 2 heterocycles. The summed E-state index contributed by atoms with van der Waals surface area (Å²) in [5.41, 5.74) is 1.91. The Hall–Kier alpha value is -2.21. The highest BCUT2D eigenvalue weighted by molar-refractivity contribution is 6.31. The summed E-state index contributed by atoms with van der Waals surface area (Å²) in [4.78, 5) is 4.82. The molecule has 19 heavy (non-hydrogen) atoms. The van der Waals surface area contributed by atoms with Crippen molar-refractivity contribution in [2.24, 2.45) is 0 Å². The highest BCUT2D eigenvalue weighted by atomic mass is 35.5. The standard InChI is InChI=1S/C12H10ClN5O/c1-2-8-6-14-17(7-8)12-15-10-4-3-9(13)5-11(10)18(19)16-12/h3-7H,2H2,1H3. The molecule has 3 rings (SSSR count). The third kappa shape index (κ3) is 2.10. The van der Waals surface area contributed by atoms with E-state index in [1.54, 1.807) is 24.5 Å². The molecule has 0 aliphatic heterocycles. The van der Waals surface area contributed by atoms with E-state index in [4.69, 9.17) is 11.6 Å². The van der Waals surface area contributed by atoms with Crippen LogP contribution in [-0.2, 0) is 6.42 Å². The highest BCUT2D eigenvalue weighted by Crippen LogP contribution is 2.15. The fourth-order valence-electron chi connectivity index (χ4n) is 1.76. The van der Waals surface area contributed by atoms with Crippen molar-refractivity contribution in [3.8, 4) is 5.95 Å². The zero-order chi connectivity index (χ0) is 13.4. The average molecular weight is 276 g/mol. The summed E-state index contributed by atoms with van der Waals surface area (Å²) < 4.78 is 1.49. The Morgan fingerprint density at radius 2 is 2.26 bits per heavy atom. The lowest BCUT2D eigenvalue weighted by Crippen LogP contribution is -2.34. The normalized spacial score (nSPS) is 11.1. The van der Waals surface area contributed by atoms with Crippen LogP contribution in [0.5, 0.6) is 0 Å². The minimum atomic E-state index is 0.240. The monoisotopic (exact) mass is 275 g/mol. The summed E-state index contributed by atoms with van der Waals surface area (Å²) in [6, 6.07) is 4.90. The molecule has 0 atom stereocenters. The molecule has 0 aliphatic carbocycles. The van der Waals surface area contributed by atoms with Gasteiger partial charge in [-0.25, -0.2) is 4.68 Å². The van der Waals surface area contributed by atoms with Crippen molar-refractivity contribution in [2.45, 2.75) is 13.3 Å². The molecule has 0 saturated heterocycles. The lowest BCUT2D eigenvalue weighted by molar-refractivity contribution is -0.642. The summed E-state index contributed by atoms with van der Waals surface area (Å²) in [5.74, 6) is 0.240. The molecule has 96 valence electrons. The second-order valence-corrected chi connectivity index (χ2v) is 4.50. The lowest BCUT2D eigenvalue weighted by Gasteiger charge is -2.02. The number of aromatic nitrogens is 5. The number of nitrogens with zero attached hydrogens (tertiary/aromatic N) is 5. The fraction of sp³-hybridized carbons (Fsp3) is 0.167. The van der Waals surface area contributed by atoms with E-state index < -0.39 is 0 Å². The van der Waals surface area contributed by atoms with Crippen LogP contribution in [0, 0.1) is 5.21 Å². The molecule has 0 aliphatic rings. The van der Waals surface area contributed by atoms with Crippen LogP contribution in [0.3, 0.4) is 0 Å². The van der Waals surface area contributed by atoms with E-state index in [1.807, 2.05) is 6.92 Å². The first kappa shape index (κ1) is 11.9. The molecule has 3 aromatic rings. The fourth-order valence-corrected chi connectivity index (χ4v) is 1.92. The summed E-state index contributed by atoms with van der Waals surface area (Å²) in [6.07, 6.45) is 4.39. The van der Waals surface area contributed by atoms with E-state index in [9.17, 15) is 5.21 Å². The van der Waals surface area contributed by atoms with Crippen LogP contribution in [0.2, 0.25) is 5.02 Å². The molecule has 0 saturated carbocycles. The van der Waals surface area contributed by atoms with Gasteiger partial charge in [-0.05, 0) is 29.0 Å². The molecule has 0 radical (unpaired) electrons. The van der Waals surface area contributed by atoms with E-state index in [2.05, 4.69) is 15.2 Å². The predicted molar refractivity (Wildman–Crippen MR) is 70.0 cm³/mol. The van der Waals surface area contributed by atoms with Crippen molar-refractivity contribution < 1.29 is 4.85 Å². The Bertz CT molecular complexity index is 755. The number of fused-ring (bicyclic) bond motifs is 1. The first-order valence-corrected chi connectivity index (χ1v) is 6.16. The lowest BCUT2D eigenvalue weighted by atomic mass is 10.3. The van der Waals surface area contributed by atoms with Crippen LogP contribution in [-0.4, -0.2) is 19.9 Å². The van der Waals surface area contributed by atoms with Crippen molar-refractivity contribution >= 4 is 22.6 Å². The van der Waals surface area contributed by atoms with Crippen molar-refractivity contribution in [1.82, 2.24) is 19.9 Å². The molecule has 0 amide bonds. The minimum Gasteiger partial charge on any atom is -0.594 e. The van der Waals surface area contributed by atoms with Crippen molar-refractivity contribution in [3.63, 3.8) is 0 Å². The number of aryl methyl sites for hydroxylation is 1.